The van der Waals surface area contributed by atoms with Gasteiger partial charge in [0.2, 0.25) is 5.91 Å². The van der Waals surface area contributed by atoms with Gasteiger partial charge < -0.3 is 4.57 Å². The third-order valence-electron chi connectivity index (χ3n) is 3.25. The minimum atomic E-state index is -0.345. The Kier molecular flexibility index (Phi) is 2.33. The monoisotopic (exact) mass is 243 g/mol. The third kappa shape index (κ3) is 1.55. The Morgan fingerprint density at radius 3 is 2.83 bits per heavy atom. The predicted octanol–water partition coefficient (Wildman–Crippen LogP) is 1.62. The van der Waals surface area contributed by atoms with Crippen molar-refractivity contribution in [3.63, 3.8) is 0 Å². The Bertz CT molecular complexity index is 645. The van der Waals surface area contributed by atoms with E-state index in [1.165, 1.54) is 0 Å². The van der Waals surface area contributed by atoms with Crippen LogP contribution in [0.5, 0.6) is 0 Å². The van der Waals surface area contributed by atoms with Crippen LogP contribution in [0.1, 0.15) is 6.42 Å². The lowest BCUT2D eigenvalue weighted by Crippen LogP contribution is -2.49. The van der Waals surface area contributed by atoms with E-state index in [0.29, 0.717) is 13.0 Å². The summed E-state index contributed by atoms with van der Waals surface area (Å²) < 4.78 is 2.01. The highest BCUT2D eigenvalue weighted by molar-refractivity contribution is 6.09. The predicted molar refractivity (Wildman–Crippen MR) is 68.4 cm³/mol. The number of carbonyl (C=O) groups excluding carboxylic acids is 2. The molecule has 1 N–H and O–H groups in total. The van der Waals surface area contributed by atoms with Crippen molar-refractivity contribution < 1.29 is 9.59 Å². The zero-order chi connectivity index (χ0) is 12.7. The van der Waals surface area contributed by atoms with E-state index in [9.17, 15) is 9.59 Å². The van der Waals surface area contributed by atoms with Crippen LogP contribution in [0.25, 0.3) is 10.9 Å². The minimum Gasteiger partial charge on any atom is -0.350 e. The first kappa shape index (κ1) is 10.8. The van der Waals surface area contributed by atoms with Crippen molar-refractivity contribution in [2.45, 2.75) is 6.42 Å². The first-order valence-electron chi connectivity index (χ1n) is 5.82. The average molecular weight is 243 g/mol. The lowest BCUT2D eigenvalue weighted by atomic mass is 10.2. The molecule has 3 rings (SSSR count). The van der Waals surface area contributed by atoms with E-state index in [1.807, 2.05) is 42.1 Å². The number of hydrogen-bond donors (Lipinski definition) is 1. The summed E-state index contributed by atoms with van der Waals surface area (Å²) in [4.78, 5) is 24.6. The summed E-state index contributed by atoms with van der Waals surface area (Å²) in [5.41, 5.74) is 1.91. The molecule has 3 amide bonds. The van der Waals surface area contributed by atoms with E-state index < -0.39 is 0 Å². The molecule has 1 fully saturated rings. The second-order valence-electron chi connectivity index (χ2n) is 4.39. The molecule has 1 saturated heterocycles. The first-order chi connectivity index (χ1) is 8.66. The highest BCUT2D eigenvalue weighted by Crippen LogP contribution is 2.28. The van der Waals surface area contributed by atoms with Crippen molar-refractivity contribution in [2.75, 3.05) is 11.4 Å². The van der Waals surface area contributed by atoms with Gasteiger partial charge in [-0.2, -0.15) is 0 Å². The summed E-state index contributed by atoms with van der Waals surface area (Å²) >= 11 is 0. The zero-order valence-corrected chi connectivity index (χ0v) is 10.0. The van der Waals surface area contributed by atoms with Crippen LogP contribution in [0.4, 0.5) is 10.5 Å². The molecule has 0 spiro atoms. The van der Waals surface area contributed by atoms with Gasteiger partial charge in [-0.3, -0.25) is 15.0 Å². The van der Waals surface area contributed by atoms with E-state index >= 15 is 0 Å². The van der Waals surface area contributed by atoms with Crippen LogP contribution < -0.4 is 10.2 Å². The highest BCUT2D eigenvalue weighted by Gasteiger charge is 2.25. The van der Waals surface area contributed by atoms with Crippen molar-refractivity contribution in [2.24, 2.45) is 7.05 Å². The molecule has 0 radical (unpaired) electrons. The molecular weight excluding hydrogens is 230 g/mol. The summed E-state index contributed by atoms with van der Waals surface area (Å²) in [7, 11) is 1.96. The Hall–Kier alpha value is -2.30. The number of aryl methyl sites for hydroxylation is 1. The topological polar surface area (TPSA) is 54.3 Å². The molecule has 5 nitrogen and oxygen atoms in total. The highest BCUT2D eigenvalue weighted by atomic mass is 16.2. The smallest absolute Gasteiger partial charge is 0.328 e. The summed E-state index contributed by atoms with van der Waals surface area (Å²) in [6.07, 6.45) is 2.30. The van der Waals surface area contributed by atoms with E-state index in [0.717, 1.165) is 16.6 Å². The molecule has 1 aromatic carbocycles. The van der Waals surface area contributed by atoms with Gasteiger partial charge in [-0.1, -0.05) is 6.07 Å². The Morgan fingerprint density at radius 1 is 1.22 bits per heavy atom. The molecule has 92 valence electrons. The number of nitrogens with one attached hydrogen (secondary N) is 1. The van der Waals surface area contributed by atoms with Crippen molar-refractivity contribution in [1.29, 1.82) is 0 Å². The van der Waals surface area contributed by atoms with Crippen molar-refractivity contribution >= 4 is 28.5 Å². The summed E-state index contributed by atoms with van der Waals surface area (Å²) in [5.74, 6) is -0.212. The van der Waals surface area contributed by atoms with E-state index in [2.05, 4.69) is 5.32 Å². The quantitative estimate of drug-likeness (QED) is 0.827. The summed E-state index contributed by atoms with van der Waals surface area (Å²) in [6, 6.07) is 7.46. The summed E-state index contributed by atoms with van der Waals surface area (Å²) in [6.45, 7) is 0.429. The normalized spacial score (nSPS) is 16.2. The third-order valence-corrected chi connectivity index (χ3v) is 3.25. The fourth-order valence-electron chi connectivity index (χ4n) is 2.32. The van der Waals surface area contributed by atoms with Crippen molar-refractivity contribution in [3.8, 4) is 0 Å². The number of rotatable bonds is 1. The Balaban J connectivity index is 2.09. The number of amides is 3. The van der Waals surface area contributed by atoms with Crippen LogP contribution in [0.2, 0.25) is 0 Å². The van der Waals surface area contributed by atoms with Gasteiger partial charge in [-0.05, 0) is 18.2 Å². The second-order valence-corrected chi connectivity index (χ2v) is 4.39. The molecule has 2 heterocycles. The molecule has 0 unspecified atom stereocenters. The number of benzene rings is 1. The van der Waals surface area contributed by atoms with Gasteiger partial charge in [0.15, 0.2) is 0 Å². The molecule has 2 aromatic rings. The lowest BCUT2D eigenvalue weighted by Gasteiger charge is -2.27. The van der Waals surface area contributed by atoms with Crippen LogP contribution in [0, 0.1) is 0 Å². The van der Waals surface area contributed by atoms with Gasteiger partial charge in [0, 0.05) is 37.1 Å². The number of carbonyl (C=O) groups is 2. The fourth-order valence-corrected chi connectivity index (χ4v) is 2.32. The number of urea groups is 1. The largest absolute Gasteiger partial charge is 0.350 e. The summed E-state index contributed by atoms with van der Waals surface area (Å²) in [5, 5.41) is 3.36. The van der Waals surface area contributed by atoms with Crippen LogP contribution in [0.3, 0.4) is 0 Å². The zero-order valence-electron chi connectivity index (χ0n) is 10.0. The van der Waals surface area contributed by atoms with Gasteiger partial charge in [0.1, 0.15) is 0 Å². The van der Waals surface area contributed by atoms with E-state index in [1.54, 1.807) is 4.90 Å². The van der Waals surface area contributed by atoms with Gasteiger partial charge in [0.25, 0.3) is 0 Å². The number of nitrogens with zero attached hydrogens (tertiary/aromatic N) is 2. The molecule has 0 aliphatic carbocycles. The van der Waals surface area contributed by atoms with Crippen LogP contribution in [0.15, 0.2) is 30.5 Å². The molecule has 0 saturated carbocycles. The maximum Gasteiger partial charge on any atom is 0.328 e. The number of hydrogen-bond acceptors (Lipinski definition) is 2. The maximum atomic E-state index is 11.8. The van der Waals surface area contributed by atoms with Crippen LogP contribution >= 0.6 is 0 Å². The Morgan fingerprint density at radius 2 is 2.06 bits per heavy atom. The van der Waals surface area contributed by atoms with Crippen molar-refractivity contribution in [3.05, 3.63) is 30.5 Å². The van der Waals surface area contributed by atoms with Gasteiger partial charge in [-0.25, -0.2) is 4.79 Å². The van der Waals surface area contributed by atoms with Gasteiger partial charge >= 0.3 is 6.03 Å². The number of anilines is 1. The fraction of sp³-hybridized carbons (Fsp3) is 0.231. The van der Waals surface area contributed by atoms with Crippen molar-refractivity contribution in [1.82, 2.24) is 9.88 Å². The minimum absolute atomic E-state index is 0.212. The van der Waals surface area contributed by atoms with Gasteiger partial charge in [0.05, 0.1) is 5.69 Å². The molecule has 0 bridgehead atoms. The molecule has 1 aliphatic rings. The molecule has 5 heteroatoms. The average Bonchev–Trinajstić information content (AvgIpc) is 2.72. The number of imide groups is 1. The van der Waals surface area contributed by atoms with Gasteiger partial charge in [-0.15, -0.1) is 0 Å². The molecule has 1 aliphatic heterocycles. The SMILES string of the molecule is Cn1ccc2c(N3CCC(=O)NC3=O)cccc21. The standard InChI is InChI=1S/C13H13N3O2/c1-15-7-5-9-10(15)3-2-4-11(9)16-8-6-12(17)14-13(16)18/h2-5,7H,6,8H2,1H3,(H,14,17,18). The van der Waals surface area contributed by atoms with E-state index in [-0.39, 0.29) is 11.9 Å². The first-order valence-corrected chi connectivity index (χ1v) is 5.82. The van der Waals surface area contributed by atoms with Crippen LogP contribution in [-0.4, -0.2) is 23.1 Å². The molecule has 0 atom stereocenters. The Labute approximate surface area is 104 Å². The maximum absolute atomic E-state index is 11.8. The lowest BCUT2D eigenvalue weighted by molar-refractivity contribution is -0.120. The van der Waals surface area contributed by atoms with Crippen LogP contribution in [-0.2, 0) is 11.8 Å². The molecular formula is C13H13N3O2. The number of aromatic nitrogens is 1. The molecule has 1 aromatic heterocycles. The molecule has 18 heavy (non-hydrogen) atoms. The second kappa shape index (κ2) is 3.87. The van der Waals surface area contributed by atoms with E-state index in [4.69, 9.17) is 0 Å². The number of fused-ring (bicyclic) bond motifs is 1.